The van der Waals surface area contributed by atoms with Gasteiger partial charge in [-0.2, -0.15) is 0 Å². The fraction of sp³-hybridized carbons (Fsp3) is 0.611. The number of hydrogen-bond donors (Lipinski definition) is 0. The number of rotatable bonds is 5. The third-order valence-electron chi connectivity index (χ3n) is 5.12. The number of nitrogens with zero attached hydrogens (tertiary/aromatic N) is 2. The molecule has 0 radical (unpaired) electrons. The third kappa shape index (κ3) is 3.81. The van der Waals surface area contributed by atoms with Crippen LogP contribution in [0.1, 0.15) is 37.6 Å². The van der Waals surface area contributed by atoms with E-state index in [1.165, 1.54) is 0 Å². The quantitative estimate of drug-likeness (QED) is 0.823. The summed E-state index contributed by atoms with van der Waals surface area (Å²) < 4.78 is 5.42. The van der Waals surface area contributed by atoms with Crippen LogP contribution in [0.3, 0.4) is 0 Å². The molecule has 4 nitrogen and oxygen atoms in total. The number of hydrogen-bond acceptors (Lipinski definition) is 3. The molecule has 1 atom stereocenters. The lowest BCUT2D eigenvalue weighted by molar-refractivity contribution is 0.0729. The van der Waals surface area contributed by atoms with Gasteiger partial charge in [-0.3, -0.25) is 4.79 Å². The van der Waals surface area contributed by atoms with E-state index in [2.05, 4.69) is 25.8 Å². The average molecular weight is 339 g/mol. The first kappa shape index (κ1) is 18.1. The van der Waals surface area contributed by atoms with Crippen molar-refractivity contribution in [1.29, 1.82) is 0 Å². The molecule has 1 saturated heterocycles. The summed E-state index contributed by atoms with van der Waals surface area (Å²) >= 11 is 6.19. The molecule has 0 saturated carbocycles. The highest BCUT2D eigenvalue weighted by Crippen LogP contribution is 2.34. The fourth-order valence-corrected chi connectivity index (χ4v) is 3.39. The molecule has 0 spiro atoms. The van der Waals surface area contributed by atoms with Crippen LogP contribution in [0.15, 0.2) is 18.2 Å². The molecule has 1 aliphatic heterocycles. The summed E-state index contributed by atoms with van der Waals surface area (Å²) in [5, 5.41) is 0.479. The van der Waals surface area contributed by atoms with E-state index >= 15 is 0 Å². The minimum absolute atomic E-state index is 0.000279. The van der Waals surface area contributed by atoms with Gasteiger partial charge in [0.05, 0.1) is 11.6 Å². The molecule has 23 heavy (non-hydrogen) atoms. The van der Waals surface area contributed by atoms with Crippen LogP contribution in [0.25, 0.3) is 0 Å². The molecule has 0 bridgehead atoms. The van der Waals surface area contributed by atoms with Crippen molar-refractivity contribution in [1.82, 2.24) is 9.80 Å². The van der Waals surface area contributed by atoms with Gasteiger partial charge in [-0.15, -0.1) is 0 Å². The molecule has 128 valence electrons. The molecule has 0 unspecified atom stereocenters. The molecule has 2 rings (SSSR count). The van der Waals surface area contributed by atoms with E-state index in [1.54, 1.807) is 23.1 Å². The maximum atomic E-state index is 12.7. The van der Waals surface area contributed by atoms with E-state index in [0.29, 0.717) is 28.9 Å². The maximum absolute atomic E-state index is 12.7. The highest BCUT2D eigenvalue weighted by Gasteiger charge is 2.39. The van der Waals surface area contributed by atoms with Crippen LogP contribution in [0, 0.1) is 5.92 Å². The zero-order chi connectivity index (χ0) is 17.2. The first-order chi connectivity index (χ1) is 10.8. The van der Waals surface area contributed by atoms with Crippen molar-refractivity contribution in [3.05, 3.63) is 28.8 Å². The Morgan fingerprint density at radius 2 is 2.17 bits per heavy atom. The molecular weight excluding hydrogens is 312 g/mol. The van der Waals surface area contributed by atoms with Crippen molar-refractivity contribution >= 4 is 17.5 Å². The van der Waals surface area contributed by atoms with Gasteiger partial charge in [0.15, 0.2) is 0 Å². The van der Waals surface area contributed by atoms with E-state index in [-0.39, 0.29) is 11.4 Å². The Balaban J connectivity index is 2.07. The maximum Gasteiger partial charge on any atom is 0.253 e. The summed E-state index contributed by atoms with van der Waals surface area (Å²) in [7, 11) is 4.01. The molecule has 0 aromatic heterocycles. The van der Waals surface area contributed by atoms with Gasteiger partial charge >= 0.3 is 0 Å². The molecule has 5 heteroatoms. The van der Waals surface area contributed by atoms with Gasteiger partial charge in [0.1, 0.15) is 5.75 Å². The highest BCUT2D eigenvalue weighted by molar-refractivity contribution is 6.32. The largest absolute Gasteiger partial charge is 0.492 e. The lowest BCUT2D eigenvalue weighted by Crippen LogP contribution is -2.44. The van der Waals surface area contributed by atoms with Crippen LogP contribution in [-0.2, 0) is 0 Å². The predicted molar refractivity (Wildman–Crippen MR) is 94.4 cm³/mol. The van der Waals surface area contributed by atoms with Crippen molar-refractivity contribution in [3.63, 3.8) is 0 Å². The van der Waals surface area contributed by atoms with Gasteiger partial charge in [0.2, 0.25) is 0 Å². The number of carbonyl (C=O) groups excluding carboxylic acids is 1. The summed E-state index contributed by atoms with van der Waals surface area (Å²) in [5.41, 5.74) is 0.718. The van der Waals surface area contributed by atoms with Crippen LogP contribution >= 0.6 is 11.6 Å². The van der Waals surface area contributed by atoms with Gasteiger partial charge in [-0.05, 0) is 64.9 Å². The first-order valence-electron chi connectivity index (χ1n) is 8.16. The lowest BCUT2D eigenvalue weighted by atomic mass is 9.88. The first-order valence-corrected chi connectivity index (χ1v) is 8.54. The number of halogens is 1. The predicted octanol–water partition coefficient (Wildman–Crippen LogP) is 3.54. The second kappa shape index (κ2) is 7.10. The van der Waals surface area contributed by atoms with Gasteiger partial charge in [-0.1, -0.05) is 11.6 Å². The van der Waals surface area contributed by atoms with Crippen molar-refractivity contribution in [3.8, 4) is 5.75 Å². The number of likely N-dealkylation sites (tertiary alicyclic amines) is 1. The van der Waals surface area contributed by atoms with Crippen molar-refractivity contribution in [2.24, 2.45) is 5.92 Å². The summed E-state index contributed by atoms with van der Waals surface area (Å²) in [5.74, 6) is 1.09. The van der Waals surface area contributed by atoms with Crippen LogP contribution in [0.4, 0.5) is 0 Å². The fourth-order valence-electron chi connectivity index (χ4n) is 3.16. The molecule has 1 aromatic carbocycles. The number of amides is 1. The molecule has 1 amide bonds. The third-order valence-corrected chi connectivity index (χ3v) is 5.41. The SMILES string of the molecule is CCOc1ccc(C(=O)N(C)C[C@H]2CCN(C)C2(C)C)cc1Cl. The summed E-state index contributed by atoms with van der Waals surface area (Å²) in [6.45, 7) is 8.78. The summed E-state index contributed by atoms with van der Waals surface area (Å²) in [4.78, 5) is 16.8. The van der Waals surface area contributed by atoms with Crippen LogP contribution in [0.5, 0.6) is 5.75 Å². The lowest BCUT2D eigenvalue weighted by Gasteiger charge is -2.35. The van der Waals surface area contributed by atoms with Gasteiger partial charge < -0.3 is 14.5 Å². The van der Waals surface area contributed by atoms with Crippen molar-refractivity contribution in [2.75, 3.05) is 33.8 Å². The standard InChI is InChI=1S/C18H27ClN2O2/c1-6-23-16-8-7-13(11-15(16)19)17(22)20(4)12-14-9-10-21(5)18(14,2)3/h7-8,11,14H,6,9-10,12H2,1-5H3/t14-/m1/s1. The smallest absolute Gasteiger partial charge is 0.253 e. The van der Waals surface area contributed by atoms with E-state index in [9.17, 15) is 4.79 Å². The molecular formula is C18H27ClN2O2. The molecule has 0 N–H and O–H groups in total. The molecule has 1 aromatic rings. The Morgan fingerprint density at radius 3 is 2.70 bits per heavy atom. The second-order valence-electron chi connectivity index (χ2n) is 6.82. The van der Waals surface area contributed by atoms with Crippen molar-refractivity contribution in [2.45, 2.75) is 32.7 Å². The monoisotopic (exact) mass is 338 g/mol. The minimum Gasteiger partial charge on any atom is -0.492 e. The second-order valence-corrected chi connectivity index (χ2v) is 7.23. The average Bonchev–Trinajstić information content (AvgIpc) is 2.75. The summed E-state index contributed by atoms with van der Waals surface area (Å²) in [6, 6.07) is 5.24. The normalized spacial score (nSPS) is 20.5. The van der Waals surface area contributed by atoms with Gasteiger partial charge in [0, 0.05) is 24.7 Å². The van der Waals surface area contributed by atoms with Gasteiger partial charge in [-0.25, -0.2) is 0 Å². The Kier molecular flexibility index (Phi) is 5.58. The Bertz CT molecular complexity index is 574. The highest BCUT2D eigenvalue weighted by atomic mass is 35.5. The zero-order valence-corrected chi connectivity index (χ0v) is 15.5. The zero-order valence-electron chi connectivity index (χ0n) is 14.7. The molecule has 0 aliphatic carbocycles. The molecule has 1 heterocycles. The van der Waals surface area contributed by atoms with Crippen LogP contribution < -0.4 is 4.74 Å². The Morgan fingerprint density at radius 1 is 1.48 bits per heavy atom. The minimum atomic E-state index is 0.000279. The van der Waals surface area contributed by atoms with E-state index in [4.69, 9.17) is 16.3 Å². The topological polar surface area (TPSA) is 32.8 Å². The van der Waals surface area contributed by atoms with Crippen LogP contribution in [-0.4, -0.2) is 55.0 Å². The number of benzene rings is 1. The summed E-state index contributed by atoms with van der Waals surface area (Å²) in [6.07, 6.45) is 1.12. The Hall–Kier alpha value is -1.26. The van der Waals surface area contributed by atoms with Crippen LogP contribution in [0.2, 0.25) is 5.02 Å². The van der Waals surface area contributed by atoms with E-state index in [0.717, 1.165) is 19.5 Å². The van der Waals surface area contributed by atoms with Gasteiger partial charge in [0.25, 0.3) is 5.91 Å². The van der Waals surface area contributed by atoms with E-state index in [1.807, 2.05) is 14.0 Å². The number of carbonyl (C=O) groups is 1. The molecule has 1 fully saturated rings. The van der Waals surface area contributed by atoms with E-state index < -0.39 is 0 Å². The molecule has 1 aliphatic rings. The Labute approximate surface area is 144 Å². The van der Waals surface area contributed by atoms with Crippen molar-refractivity contribution < 1.29 is 9.53 Å². The number of ether oxygens (including phenoxy) is 1.